The van der Waals surface area contributed by atoms with Crippen LogP contribution in [-0.4, -0.2) is 23.9 Å². The van der Waals surface area contributed by atoms with E-state index in [1.165, 1.54) is 4.90 Å². The highest BCUT2D eigenvalue weighted by Crippen LogP contribution is 2.63. The lowest BCUT2D eigenvalue weighted by Gasteiger charge is -2.52. The molecule has 8 rings (SSSR count). The summed E-state index contributed by atoms with van der Waals surface area (Å²) in [5.41, 5.74) is 7.28. The van der Waals surface area contributed by atoms with Crippen molar-refractivity contribution in [3.05, 3.63) is 135 Å². The zero-order valence-electron chi connectivity index (χ0n) is 21.5. The standard InChI is InChI=1S/C33H24ClN3O3/c1-19-14-16-20(17-15-19)30(38)36-35-18-33-23-10-4-2-8-21(23)27(22-9-3-5-11-24(22)33)28-29(33)32(40)37(31(28)39)26-13-7-6-12-25(26)34/h2-18,27-29H,1H3,(H,36,38)/b35-18-. The second-order valence-electron chi connectivity index (χ2n) is 10.6. The lowest BCUT2D eigenvalue weighted by Crippen LogP contribution is -2.54. The molecule has 3 aliphatic carbocycles. The molecule has 2 unspecified atom stereocenters. The summed E-state index contributed by atoms with van der Waals surface area (Å²) < 4.78 is 0. The minimum absolute atomic E-state index is 0.279. The van der Waals surface area contributed by atoms with E-state index in [0.717, 1.165) is 27.8 Å². The van der Waals surface area contributed by atoms with Gasteiger partial charge in [0.2, 0.25) is 11.8 Å². The third-order valence-corrected chi connectivity index (χ3v) is 8.84. The van der Waals surface area contributed by atoms with Crippen molar-refractivity contribution in [1.29, 1.82) is 0 Å². The van der Waals surface area contributed by atoms with E-state index in [1.807, 2.05) is 67.6 Å². The van der Waals surface area contributed by atoms with Crippen LogP contribution in [0.25, 0.3) is 0 Å². The number of para-hydroxylation sites is 1. The molecule has 2 bridgehead atoms. The Balaban J connectivity index is 1.41. The summed E-state index contributed by atoms with van der Waals surface area (Å²) in [4.78, 5) is 42.7. The van der Waals surface area contributed by atoms with Crippen molar-refractivity contribution < 1.29 is 14.4 Å². The first kappa shape index (κ1) is 24.5. The highest BCUT2D eigenvalue weighted by Gasteiger charge is 2.68. The van der Waals surface area contributed by atoms with Gasteiger partial charge in [-0.05, 0) is 53.4 Å². The van der Waals surface area contributed by atoms with Crippen molar-refractivity contribution in [1.82, 2.24) is 5.43 Å². The van der Waals surface area contributed by atoms with E-state index in [4.69, 9.17) is 11.6 Å². The number of benzene rings is 4. The second-order valence-corrected chi connectivity index (χ2v) is 11.0. The molecule has 2 atom stereocenters. The number of carbonyl (C=O) groups is 3. The van der Waals surface area contributed by atoms with Gasteiger partial charge in [0.25, 0.3) is 5.91 Å². The van der Waals surface area contributed by atoms with Crippen molar-refractivity contribution in [2.24, 2.45) is 16.9 Å². The summed E-state index contributed by atoms with van der Waals surface area (Å²) in [7, 11) is 0. The van der Waals surface area contributed by atoms with Gasteiger partial charge in [0, 0.05) is 17.7 Å². The first-order valence-electron chi connectivity index (χ1n) is 13.2. The van der Waals surface area contributed by atoms with Gasteiger partial charge in [0.05, 0.1) is 28.0 Å². The van der Waals surface area contributed by atoms with Crippen LogP contribution in [0.3, 0.4) is 0 Å². The molecule has 0 saturated carbocycles. The van der Waals surface area contributed by atoms with Crippen molar-refractivity contribution in [2.45, 2.75) is 18.3 Å². The van der Waals surface area contributed by atoms with Crippen molar-refractivity contribution in [3.63, 3.8) is 0 Å². The van der Waals surface area contributed by atoms with Gasteiger partial charge in [-0.2, -0.15) is 5.10 Å². The van der Waals surface area contributed by atoms with Crippen LogP contribution in [0.5, 0.6) is 0 Å². The van der Waals surface area contributed by atoms with E-state index in [9.17, 15) is 14.4 Å². The Morgan fingerprint density at radius 1 is 0.850 bits per heavy atom. The van der Waals surface area contributed by atoms with Crippen molar-refractivity contribution >= 4 is 41.2 Å². The third-order valence-electron chi connectivity index (χ3n) is 8.53. The van der Waals surface area contributed by atoms with Gasteiger partial charge in [0.1, 0.15) is 0 Å². The Morgan fingerprint density at radius 3 is 2.10 bits per heavy atom. The number of hydrazone groups is 1. The molecule has 1 saturated heterocycles. The first-order valence-corrected chi connectivity index (χ1v) is 13.5. The summed E-state index contributed by atoms with van der Waals surface area (Å²) in [6.07, 6.45) is 1.66. The van der Waals surface area contributed by atoms with Gasteiger partial charge in [-0.3, -0.25) is 14.4 Å². The first-order chi connectivity index (χ1) is 19.4. The second kappa shape index (κ2) is 9.00. The van der Waals surface area contributed by atoms with Gasteiger partial charge in [0.15, 0.2) is 0 Å². The van der Waals surface area contributed by atoms with Gasteiger partial charge in [-0.1, -0.05) is 90.0 Å². The van der Waals surface area contributed by atoms with E-state index in [0.29, 0.717) is 16.3 Å². The van der Waals surface area contributed by atoms with Crippen LogP contribution in [0.1, 0.15) is 44.1 Å². The third kappa shape index (κ3) is 3.29. The van der Waals surface area contributed by atoms with Crippen LogP contribution < -0.4 is 10.3 Å². The smallest absolute Gasteiger partial charge is 0.271 e. The molecule has 1 aliphatic heterocycles. The van der Waals surface area contributed by atoms with Crippen LogP contribution >= 0.6 is 11.6 Å². The average molecular weight is 546 g/mol. The van der Waals surface area contributed by atoms with E-state index in [1.54, 1.807) is 42.6 Å². The van der Waals surface area contributed by atoms with Crippen LogP contribution in [-0.2, 0) is 15.0 Å². The Kier molecular flexibility index (Phi) is 5.51. The van der Waals surface area contributed by atoms with E-state index >= 15 is 0 Å². The normalized spacial score (nSPS) is 24.1. The summed E-state index contributed by atoms with van der Waals surface area (Å²) in [6.45, 7) is 1.95. The number of carbonyl (C=O) groups excluding carboxylic acids is 3. The van der Waals surface area contributed by atoms with Gasteiger partial charge < -0.3 is 0 Å². The number of hydrogen-bond acceptors (Lipinski definition) is 4. The molecule has 0 spiro atoms. The summed E-state index contributed by atoms with van der Waals surface area (Å²) in [5, 5.41) is 4.79. The van der Waals surface area contributed by atoms with E-state index in [-0.39, 0.29) is 23.6 Å². The fourth-order valence-corrected chi connectivity index (χ4v) is 7.10. The van der Waals surface area contributed by atoms with E-state index < -0.39 is 17.3 Å². The Morgan fingerprint density at radius 2 is 1.45 bits per heavy atom. The number of nitrogens with one attached hydrogen (secondary N) is 1. The maximum Gasteiger partial charge on any atom is 0.271 e. The highest BCUT2D eigenvalue weighted by atomic mass is 35.5. The molecule has 196 valence electrons. The molecule has 0 aromatic heterocycles. The number of halogens is 1. The molecule has 4 aliphatic rings. The topological polar surface area (TPSA) is 78.8 Å². The summed E-state index contributed by atoms with van der Waals surface area (Å²) in [5.74, 6) is -2.66. The van der Waals surface area contributed by atoms with Crippen molar-refractivity contribution in [3.8, 4) is 0 Å². The molecule has 6 nitrogen and oxygen atoms in total. The lowest BCUT2D eigenvalue weighted by molar-refractivity contribution is -0.122. The molecule has 3 amide bonds. The molecule has 7 heteroatoms. The number of amides is 3. The lowest BCUT2D eigenvalue weighted by atomic mass is 9.47. The predicted molar refractivity (Wildman–Crippen MR) is 154 cm³/mol. The Labute approximate surface area is 236 Å². The quantitative estimate of drug-likeness (QED) is 0.205. The van der Waals surface area contributed by atoms with Gasteiger partial charge >= 0.3 is 0 Å². The predicted octanol–water partition coefficient (Wildman–Crippen LogP) is 5.62. The minimum atomic E-state index is -1.07. The maximum atomic E-state index is 14.4. The molecule has 40 heavy (non-hydrogen) atoms. The maximum absolute atomic E-state index is 14.4. The number of anilines is 1. The average Bonchev–Trinajstić information content (AvgIpc) is 3.24. The molecular formula is C33H24ClN3O3. The fraction of sp³-hybridized carbons (Fsp3) is 0.152. The SMILES string of the molecule is Cc1ccc(C(=O)N/N=C\C23c4ccccc4C(c4ccccc42)C2C(=O)N(c4ccccc4Cl)C(=O)C23)cc1. The molecule has 4 aromatic rings. The number of aryl methyl sites for hydroxylation is 1. The fourth-order valence-electron chi connectivity index (χ4n) is 6.88. The molecule has 1 heterocycles. The molecule has 4 aromatic carbocycles. The van der Waals surface area contributed by atoms with Crippen LogP contribution in [0.2, 0.25) is 5.02 Å². The zero-order chi connectivity index (χ0) is 27.6. The number of rotatable bonds is 4. The van der Waals surface area contributed by atoms with Crippen LogP contribution in [0.15, 0.2) is 102 Å². The molecule has 0 radical (unpaired) electrons. The largest absolute Gasteiger partial charge is 0.274 e. The van der Waals surface area contributed by atoms with Gasteiger partial charge in [-0.25, -0.2) is 10.3 Å². The molecular weight excluding hydrogens is 522 g/mol. The Hall–Kier alpha value is -4.55. The molecule has 1 N–H and O–H groups in total. The highest BCUT2D eigenvalue weighted by molar-refractivity contribution is 6.36. The number of hydrogen-bond donors (Lipinski definition) is 1. The van der Waals surface area contributed by atoms with Gasteiger partial charge in [-0.15, -0.1) is 0 Å². The minimum Gasteiger partial charge on any atom is -0.274 e. The zero-order valence-corrected chi connectivity index (χ0v) is 22.3. The number of imide groups is 1. The van der Waals surface area contributed by atoms with Crippen LogP contribution in [0, 0.1) is 18.8 Å². The van der Waals surface area contributed by atoms with E-state index in [2.05, 4.69) is 10.5 Å². The van der Waals surface area contributed by atoms with Crippen LogP contribution in [0.4, 0.5) is 5.69 Å². The monoisotopic (exact) mass is 545 g/mol. The molecule has 1 fully saturated rings. The summed E-state index contributed by atoms with van der Waals surface area (Å²) in [6, 6.07) is 29.9. The van der Waals surface area contributed by atoms with Crippen molar-refractivity contribution in [2.75, 3.05) is 4.90 Å². The Bertz CT molecular complexity index is 1700. The summed E-state index contributed by atoms with van der Waals surface area (Å²) >= 11 is 6.50. The number of nitrogens with zero attached hydrogens (tertiary/aromatic N) is 2.